The van der Waals surface area contributed by atoms with Gasteiger partial charge in [-0.2, -0.15) is 70.0 Å². The van der Waals surface area contributed by atoms with Gasteiger partial charge >= 0.3 is 11.7 Å². The fraction of sp³-hybridized carbons (Fsp3) is 0.373. The van der Waals surface area contributed by atoms with E-state index >= 15 is 0 Å². The average Bonchev–Trinajstić information content (AvgIpc) is 1.30. The van der Waals surface area contributed by atoms with E-state index in [1.807, 2.05) is 105 Å². The molecule has 0 amide bonds. The maximum Gasteiger partial charge on any atom is 0.485 e. The van der Waals surface area contributed by atoms with E-state index in [1.54, 1.807) is 24.3 Å². The van der Waals surface area contributed by atoms with Gasteiger partial charge in [0, 0.05) is 97.8 Å². The monoisotopic (exact) mass is 1590 g/mol. The number of nitrogens with zero attached hydrogens (tertiary/aromatic N) is 8. The van der Waals surface area contributed by atoms with E-state index in [1.165, 1.54) is 64.7 Å². The molecule has 0 saturated carbocycles. The average molecular weight is 1590 g/mol. The first-order valence-electron chi connectivity index (χ1n) is 32.2. The molecule has 18 nitrogen and oxygen atoms in total. The van der Waals surface area contributed by atoms with Crippen LogP contribution in [-0.4, -0.2) is 124 Å². The van der Waals surface area contributed by atoms with Crippen LogP contribution >= 0.6 is 24.4 Å². The molecule has 0 radical (unpaired) electrons. The van der Waals surface area contributed by atoms with Crippen molar-refractivity contribution < 1.29 is 60.9 Å². The van der Waals surface area contributed by atoms with Crippen LogP contribution in [0.1, 0.15) is 77.6 Å². The van der Waals surface area contributed by atoms with Crippen LogP contribution in [0, 0.1) is 79.8 Å². The Labute approximate surface area is 635 Å². The highest BCUT2D eigenvalue weighted by molar-refractivity contribution is 8.08. The largest absolute Gasteiger partial charge is 0.741 e. The molecule has 0 spiro atoms. The summed E-state index contributed by atoms with van der Waals surface area (Å²) in [7, 11) is -4.87. The van der Waals surface area contributed by atoms with E-state index in [0.717, 1.165) is 56.1 Å². The van der Waals surface area contributed by atoms with Crippen LogP contribution in [-0.2, 0) is 68.3 Å². The first-order chi connectivity index (χ1) is 49.3. The van der Waals surface area contributed by atoms with Gasteiger partial charge in [-0.15, -0.1) is 11.8 Å². The van der Waals surface area contributed by atoms with E-state index in [2.05, 4.69) is 176 Å². The molecule has 0 aromatic heterocycles. The zero-order chi connectivity index (χ0) is 79.4. The number of aldehydes is 1. The molecule has 106 heavy (non-hydrogen) atoms. The Morgan fingerprint density at radius 1 is 0.566 bits per heavy atom. The highest BCUT2D eigenvalue weighted by atomic mass is 32.2. The number of carbonyl (C=O) groups is 1. The summed E-state index contributed by atoms with van der Waals surface area (Å²) in [4.78, 5) is 13.9. The van der Waals surface area contributed by atoms with Gasteiger partial charge in [0.05, 0.1) is 60.3 Å². The number of nitrogens with one attached hydrogen (secondary N) is 2. The molecule has 0 unspecified atom stereocenters. The standard InChI is InChI=1S/C36H42N5O2S3.C20H22NS.C16H20N4O2S2.C2HF3O.CHF3O3S/c1-35(2)20-21-36(3,4)27-45(26-35)25-28-7-9-29(10-8-28)34(19-22-37)44-24-23-38-46(42,43)33-17-13-31(14-18-33)40-39-30-11-15-32(16-12-30)41(5)6;1-19(2)11-12-20(3,4)16-22(15-19)14-18-9-7-17(8-10-18)6-5-13-21;1-20(2)15-7-3-13(4-8-15)18-19-14-5-9-16(10-6-14)24(21,22)17-11-12-23;3-2(4,5)1-6;2-1(3,4)8(5,6)7/h7-19,38H,23-27H2,1-6H3;7-10H,14-16H2,1-4H3;3-10,17,23H,11-12H2,1-2H3;1H;(H,5,6,7)/q2*+1;;;/p-1. The molecule has 6 aromatic rings. The second-order valence-corrected chi connectivity index (χ2v) is 37.3. The van der Waals surface area contributed by atoms with E-state index in [4.69, 9.17) is 23.0 Å². The number of nitriles is 2. The Morgan fingerprint density at radius 2 is 0.887 bits per heavy atom. The maximum atomic E-state index is 12.9. The zero-order valence-corrected chi connectivity index (χ0v) is 66.4. The number of thioether (sulfide) groups is 1. The molecule has 0 bridgehead atoms. The van der Waals surface area contributed by atoms with Crippen molar-refractivity contribution in [3.05, 3.63) is 174 Å². The molecule has 6 aromatic carbocycles. The summed E-state index contributed by atoms with van der Waals surface area (Å²) in [6.45, 7) is 18.4. The minimum absolute atomic E-state index is 0.0207. The van der Waals surface area contributed by atoms with Gasteiger partial charge in [-0.05, 0) is 192 Å². The number of hydrogen-bond donors (Lipinski definition) is 3. The Morgan fingerprint density at radius 3 is 1.18 bits per heavy atom. The third-order valence-corrected chi connectivity index (χ3v) is 25.0. The van der Waals surface area contributed by atoms with Crippen molar-refractivity contribution in [1.29, 1.82) is 10.5 Å². The molecule has 31 heteroatoms. The van der Waals surface area contributed by atoms with Crippen LogP contribution < -0.4 is 19.2 Å². The number of benzene rings is 6. The SMILES string of the molecule is CC1(C)C#CC(C)(C)C[S+](Cc2ccc(C#CC#N)cc2)C1.CN(C)c1ccc(N=Nc2ccc(S(=O)(=O)NCCS)cc2)cc1.CN(C)c1ccc(N=Nc2ccc(S(=O)(=O)NCCSC(=CC#N)c3ccc(C[S+]4CC(C)(C)C#CC(C)(C)C4)cc3)cc2)cc1.O=CC(F)(F)F.O=S(=O)([O-])C(F)(F)F. The molecule has 2 aliphatic heterocycles. The predicted octanol–water partition coefficient (Wildman–Crippen LogP) is 15.9. The maximum absolute atomic E-state index is 12.9. The minimum Gasteiger partial charge on any atom is -0.741 e. The van der Waals surface area contributed by atoms with Gasteiger partial charge in [0.2, 0.25) is 26.3 Å². The van der Waals surface area contributed by atoms with E-state index in [-0.39, 0.29) is 55.4 Å². The summed E-state index contributed by atoms with van der Waals surface area (Å²) < 4.78 is 145. The normalized spacial score (nSPS) is 15.4. The molecule has 8 rings (SSSR count). The number of halogens is 6. The fourth-order valence-corrected chi connectivity index (χ4v) is 19.0. The number of anilines is 2. The van der Waals surface area contributed by atoms with E-state index in [0.29, 0.717) is 39.5 Å². The number of azo groups is 2. The number of allylic oxidation sites excluding steroid dienone is 1. The second kappa shape index (κ2) is 40.7. The number of thiol groups is 1. The van der Waals surface area contributed by atoms with Crippen LogP contribution in [0.15, 0.2) is 182 Å². The Kier molecular flexibility index (Phi) is 34.7. The lowest BCUT2D eigenvalue weighted by molar-refractivity contribution is -0.156. The van der Waals surface area contributed by atoms with Gasteiger partial charge in [0.25, 0.3) is 0 Å². The molecular formula is C75H85F6N10O8S7+. The Bertz CT molecular complexity index is 4580. The summed E-state index contributed by atoms with van der Waals surface area (Å²) >= 11 is 5.44. The number of hydrogen-bond acceptors (Lipinski definition) is 18. The Hall–Kier alpha value is -8.10. The van der Waals surface area contributed by atoms with Crippen molar-refractivity contribution >= 4 is 122 Å². The summed E-state index contributed by atoms with van der Waals surface area (Å²) in [5, 5.41) is 34.6. The number of alkyl halides is 6. The van der Waals surface area contributed by atoms with E-state index < -0.39 is 48.1 Å². The number of carbonyl (C=O) groups excluding carboxylic acids is 1. The highest BCUT2D eigenvalue weighted by Crippen LogP contribution is 2.35. The second-order valence-electron chi connectivity index (χ2n) is 26.7. The molecule has 2 N–H and O–H groups in total. The van der Waals surface area contributed by atoms with Gasteiger partial charge in [0.1, 0.15) is 34.5 Å². The first kappa shape index (κ1) is 90.3. The molecule has 0 aliphatic carbocycles. The number of rotatable bonds is 21. The van der Waals surface area contributed by atoms with Gasteiger partial charge in [-0.1, -0.05) is 66.0 Å². The van der Waals surface area contributed by atoms with Gasteiger partial charge in [-0.25, -0.2) is 34.7 Å². The molecule has 2 heterocycles. The zero-order valence-electron chi connectivity index (χ0n) is 60.6. The van der Waals surface area contributed by atoms with Crippen LogP contribution in [0.5, 0.6) is 0 Å². The van der Waals surface area contributed by atoms with Crippen LogP contribution in [0.25, 0.3) is 4.91 Å². The molecule has 2 aliphatic rings. The van der Waals surface area contributed by atoms with E-state index in [9.17, 15) is 48.4 Å². The van der Waals surface area contributed by atoms with Gasteiger partial charge in [-0.3, -0.25) is 4.79 Å². The molecular weight excluding hydrogens is 1510 g/mol. The van der Waals surface area contributed by atoms with Gasteiger partial charge in [0.15, 0.2) is 16.2 Å². The molecule has 566 valence electrons. The Balaban J connectivity index is 0.000000331. The third kappa shape index (κ3) is 33.8. The smallest absolute Gasteiger partial charge is 0.485 e. The van der Waals surface area contributed by atoms with Crippen LogP contribution in [0.2, 0.25) is 0 Å². The molecule has 0 fully saturated rings. The molecule has 0 saturated heterocycles. The van der Waals surface area contributed by atoms with Crippen molar-refractivity contribution in [3.63, 3.8) is 0 Å². The van der Waals surface area contributed by atoms with Crippen molar-refractivity contribution in [3.8, 4) is 47.7 Å². The lowest BCUT2D eigenvalue weighted by Crippen LogP contribution is -2.29. The van der Waals surface area contributed by atoms with Crippen molar-refractivity contribution in [2.24, 2.45) is 42.1 Å². The number of sulfonamides is 2. The van der Waals surface area contributed by atoms with Crippen LogP contribution in [0.4, 0.5) is 60.5 Å². The topological polar surface area (TPSA) is 270 Å². The fourth-order valence-electron chi connectivity index (χ4n) is 9.39. The quantitative estimate of drug-likeness (QED) is 0.00579. The van der Waals surface area contributed by atoms with Gasteiger partial charge < -0.3 is 14.4 Å². The lowest BCUT2D eigenvalue weighted by atomic mass is 9.92. The summed E-state index contributed by atoms with van der Waals surface area (Å²) in [6, 6.07) is 48.6. The first-order valence-corrected chi connectivity index (χ1v) is 41.7. The predicted molar refractivity (Wildman–Crippen MR) is 419 cm³/mol. The summed E-state index contributed by atoms with van der Waals surface area (Å²) in [6.07, 6.45) is -4.18. The highest BCUT2D eigenvalue weighted by Gasteiger charge is 2.39. The summed E-state index contributed by atoms with van der Waals surface area (Å²) in [5.41, 5.74) is 3.81. The summed E-state index contributed by atoms with van der Waals surface area (Å²) in [5.74, 6) is 26.7. The van der Waals surface area contributed by atoms with Crippen molar-refractivity contribution in [1.82, 2.24) is 9.44 Å². The minimum atomic E-state index is -6.09. The van der Waals surface area contributed by atoms with Crippen molar-refractivity contribution in [2.75, 3.05) is 85.6 Å². The lowest BCUT2D eigenvalue weighted by Gasteiger charge is -2.19. The molecule has 0 atom stereocenters. The van der Waals surface area contributed by atoms with Crippen LogP contribution in [0.3, 0.4) is 0 Å². The third-order valence-electron chi connectivity index (χ3n) is 14.2. The van der Waals surface area contributed by atoms with Crippen molar-refractivity contribution in [2.45, 2.75) is 88.4 Å².